The fraction of sp³-hybridized carbons (Fsp3) is 0.250. The average molecular weight is 443 g/mol. The zero-order valence-electron chi connectivity index (χ0n) is 16.6. The van der Waals surface area contributed by atoms with Crippen LogP contribution in [-0.4, -0.2) is 63.0 Å². The van der Waals surface area contributed by atoms with Crippen molar-refractivity contribution in [1.29, 1.82) is 0 Å². The van der Waals surface area contributed by atoms with E-state index in [1.165, 1.54) is 18.2 Å². The number of aromatic nitrogens is 2. The van der Waals surface area contributed by atoms with Gasteiger partial charge in [0.15, 0.2) is 5.69 Å². The molecule has 3 aromatic rings. The summed E-state index contributed by atoms with van der Waals surface area (Å²) in [4.78, 5) is 39.2. The van der Waals surface area contributed by atoms with Crippen molar-refractivity contribution in [1.82, 2.24) is 20.0 Å². The van der Waals surface area contributed by atoms with E-state index in [-0.39, 0.29) is 23.3 Å². The maximum absolute atomic E-state index is 12.9. The summed E-state index contributed by atoms with van der Waals surface area (Å²) in [6.07, 6.45) is 0. The highest BCUT2D eigenvalue weighted by Crippen LogP contribution is 2.24. The fourth-order valence-electron chi connectivity index (χ4n) is 3.41. The third-order valence-electron chi connectivity index (χ3n) is 5.24. The molecular formula is C20H19ClN6O4. The average Bonchev–Trinajstić information content (AvgIpc) is 3.19. The summed E-state index contributed by atoms with van der Waals surface area (Å²) < 4.78 is 0. The number of halogens is 1. The molecule has 1 saturated heterocycles. The van der Waals surface area contributed by atoms with Gasteiger partial charge in [0.05, 0.1) is 10.4 Å². The minimum atomic E-state index is -0.515. The van der Waals surface area contributed by atoms with Gasteiger partial charge >= 0.3 is 6.03 Å². The molecule has 1 aliphatic rings. The maximum Gasteiger partial charge on any atom is 0.321 e. The number of piperazine rings is 1. The van der Waals surface area contributed by atoms with E-state index in [2.05, 4.69) is 15.5 Å². The number of carbonyl (C=O) groups excluding carboxylic acids is 2. The molecule has 11 heteroatoms. The van der Waals surface area contributed by atoms with E-state index >= 15 is 0 Å². The molecule has 0 saturated carbocycles. The number of nitrogens with zero attached hydrogens (tertiary/aromatic N) is 4. The van der Waals surface area contributed by atoms with Crippen LogP contribution in [-0.2, 0) is 0 Å². The zero-order chi connectivity index (χ0) is 22.1. The van der Waals surface area contributed by atoms with Gasteiger partial charge in [-0.3, -0.25) is 20.0 Å². The number of nitrogens with one attached hydrogen (secondary N) is 2. The number of fused-ring (bicyclic) bond motifs is 1. The molecule has 2 N–H and O–H groups in total. The van der Waals surface area contributed by atoms with E-state index < -0.39 is 4.92 Å². The van der Waals surface area contributed by atoms with Crippen LogP contribution in [0, 0.1) is 17.0 Å². The van der Waals surface area contributed by atoms with Crippen LogP contribution in [0.25, 0.3) is 10.9 Å². The van der Waals surface area contributed by atoms with Crippen molar-refractivity contribution in [3.8, 4) is 0 Å². The summed E-state index contributed by atoms with van der Waals surface area (Å²) in [6.45, 7) is 3.22. The van der Waals surface area contributed by atoms with Crippen LogP contribution in [0.1, 0.15) is 16.1 Å². The maximum atomic E-state index is 12.9. The van der Waals surface area contributed by atoms with Crippen molar-refractivity contribution in [2.75, 3.05) is 31.5 Å². The lowest BCUT2D eigenvalue weighted by Crippen LogP contribution is -2.51. The van der Waals surface area contributed by atoms with Crippen LogP contribution >= 0.6 is 11.6 Å². The van der Waals surface area contributed by atoms with Gasteiger partial charge in [-0.1, -0.05) is 17.7 Å². The molecule has 0 radical (unpaired) electrons. The molecule has 0 atom stereocenters. The number of hydrogen-bond acceptors (Lipinski definition) is 5. The second-order valence-electron chi connectivity index (χ2n) is 7.23. The number of nitro benzene ring substituents is 1. The number of carbonyl (C=O) groups is 2. The number of nitro groups is 1. The monoisotopic (exact) mass is 442 g/mol. The van der Waals surface area contributed by atoms with Gasteiger partial charge in [-0.2, -0.15) is 5.10 Å². The third kappa shape index (κ3) is 4.15. The van der Waals surface area contributed by atoms with Crippen molar-refractivity contribution < 1.29 is 14.5 Å². The zero-order valence-corrected chi connectivity index (χ0v) is 17.3. The third-order valence-corrected chi connectivity index (χ3v) is 5.64. The van der Waals surface area contributed by atoms with E-state index in [0.29, 0.717) is 47.8 Å². The van der Waals surface area contributed by atoms with Crippen LogP contribution in [0.2, 0.25) is 5.02 Å². The second kappa shape index (κ2) is 8.23. The summed E-state index contributed by atoms with van der Waals surface area (Å²) >= 11 is 6.10. The van der Waals surface area contributed by atoms with Gasteiger partial charge < -0.3 is 15.1 Å². The molecular weight excluding hydrogens is 424 g/mol. The molecule has 0 aliphatic carbocycles. The van der Waals surface area contributed by atoms with Gasteiger partial charge in [-0.15, -0.1) is 0 Å². The Balaban J connectivity index is 1.41. The lowest BCUT2D eigenvalue weighted by atomic mass is 10.1. The van der Waals surface area contributed by atoms with E-state index in [9.17, 15) is 19.7 Å². The summed E-state index contributed by atoms with van der Waals surface area (Å²) in [7, 11) is 0. The SMILES string of the molecule is Cc1ccc(NC(=O)N2CCN(C(=O)c3n[nH]c4ccc([N+](=O)[O-])cc34)CC2)cc1Cl. The Bertz CT molecular complexity index is 1190. The minimum Gasteiger partial charge on any atom is -0.334 e. The van der Waals surface area contributed by atoms with E-state index in [1.807, 2.05) is 13.0 Å². The van der Waals surface area contributed by atoms with Gasteiger partial charge in [-0.05, 0) is 30.7 Å². The van der Waals surface area contributed by atoms with Gasteiger partial charge in [0.1, 0.15) is 0 Å². The predicted molar refractivity (Wildman–Crippen MR) is 115 cm³/mol. The molecule has 0 bridgehead atoms. The van der Waals surface area contributed by atoms with E-state index in [0.717, 1.165) is 5.56 Å². The van der Waals surface area contributed by atoms with Crippen molar-refractivity contribution in [2.45, 2.75) is 6.92 Å². The molecule has 160 valence electrons. The molecule has 1 aromatic heterocycles. The van der Waals surface area contributed by atoms with Crippen LogP contribution in [0.3, 0.4) is 0 Å². The van der Waals surface area contributed by atoms with Gasteiger partial charge in [0.2, 0.25) is 0 Å². The Morgan fingerprint density at radius 1 is 1.13 bits per heavy atom. The highest BCUT2D eigenvalue weighted by atomic mass is 35.5. The first-order valence-corrected chi connectivity index (χ1v) is 9.95. The Hall–Kier alpha value is -3.66. The molecule has 31 heavy (non-hydrogen) atoms. The fourth-order valence-corrected chi connectivity index (χ4v) is 3.59. The summed E-state index contributed by atoms with van der Waals surface area (Å²) in [5.74, 6) is -0.336. The Morgan fingerprint density at radius 3 is 2.52 bits per heavy atom. The van der Waals surface area contributed by atoms with Crippen molar-refractivity contribution in [3.63, 3.8) is 0 Å². The molecule has 0 spiro atoms. The topological polar surface area (TPSA) is 124 Å². The number of amides is 3. The molecule has 0 unspecified atom stereocenters. The Kier molecular flexibility index (Phi) is 5.47. The number of hydrogen-bond donors (Lipinski definition) is 2. The Labute approximate surface area is 181 Å². The molecule has 1 aliphatic heterocycles. The van der Waals surface area contributed by atoms with Crippen LogP contribution < -0.4 is 5.32 Å². The van der Waals surface area contributed by atoms with E-state index in [4.69, 9.17) is 11.6 Å². The van der Waals surface area contributed by atoms with E-state index in [1.54, 1.807) is 21.9 Å². The highest BCUT2D eigenvalue weighted by Gasteiger charge is 2.27. The number of anilines is 1. The number of H-pyrrole nitrogens is 1. The lowest BCUT2D eigenvalue weighted by molar-refractivity contribution is -0.384. The quantitative estimate of drug-likeness (QED) is 0.475. The summed E-state index contributed by atoms with van der Waals surface area (Å²) in [6, 6.07) is 9.24. The number of urea groups is 1. The normalized spacial score (nSPS) is 14.0. The molecule has 10 nitrogen and oxygen atoms in total. The van der Waals surface area contributed by atoms with Gasteiger partial charge in [-0.25, -0.2) is 4.79 Å². The standard InChI is InChI=1S/C20H19ClN6O4/c1-12-2-3-13(10-16(12)21)22-20(29)26-8-6-25(7-9-26)19(28)18-15-11-14(27(30)31)4-5-17(15)23-24-18/h2-5,10-11H,6-9H2,1H3,(H,22,29)(H,23,24). The lowest BCUT2D eigenvalue weighted by Gasteiger charge is -2.34. The predicted octanol–water partition coefficient (Wildman–Crippen LogP) is 3.42. The summed E-state index contributed by atoms with van der Waals surface area (Å²) in [5, 5.41) is 21.6. The Morgan fingerprint density at radius 2 is 1.84 bits per heavy atom. The van der Waals surface area contributed by atoms with Crippen LogP contribution in [0.15, 0.2) is 36.4 Å². The first kappa shape index (κ1) is 20.6. The minimum absolute atomic E-state index is 0.111. The number of rotatable bonds is 3. The van der Waals surface area contributed by atoms with Crippen molar-refractivity contribution in [2.24, 2.45) is 0 Å². The first-order valence-electron chi connectivity index (χ1n) is 9.57. The molecule has 3 amide bonds. The van der Waals surface area contributed by atoms with Crippen LogP contribution in [0.4, 0.5) is 16.2 Å². The highest BCUT2D eigenvalue weighted by molar-refractivity contribution is 6.31. The van der Waals surface area contributed by atoms with Crippen molar-refractivity contribution >= 4 is 45.8 Å². The van der Waals surface area contributed by atoms with Gasteiger partial charge in [0.25, 0.3) is 11.6 Å². The number of aryl methyl sites for hydroxylation is 1. The first-order chi connectivity index (χ1) is 14.8. The largest absolute Gasteiger partial charge is 0.334 e. The van der Waals surface area contributed by atoms with Gasteiger partial charge in [0, 0.05) is 54.4 Å². The summed E-state index contributed by atoms with van der Waals surface area (Å²) in [5.41, 5.74) is 2.09. The molecule has 4 rings (SSSR count). The molecule has 1 fully saturated rings. The number of benzene rings is 2. The molecule has 2 aromatic carbocycles. The number of aromatic amines is 1. The molecule has 2 heterocycles. The van der Waals surface area contributed by atoms with Crippen molar-refractivity contribution in [3.05, 3.63) is 62.8 Å². The smallest absolute Gasteiger partial charge is 0.321 e. The second-order valence-corrected chi connectivity index (χ2v) is 7.64. The van der Waals surface area contributed by atoms with Crippen LogP contribution in [0.5, 0.6) is 0 Å². The number of non-ortho nitro benzene ring substituents is 1.